The first-order valence-electron chi connectivity index (χ1n) is 9.47. The predicted molar refractivity (Wildman–Crippen MR) is 107 cm³/mol. The van der Waals surface area contributed by atoms with Crippen molar-refractivity contribution in [1.29, 1.82) is 0 Å². The maximum Gasteiger partial charge on any atom is 0.260 e. The minimum atomic E-state index is 0.00553. The first kappa shape index (κ1) is 16.7. The highest BCUT2D eigenvalue weighted by Crippen LogP contribution is 2.27. The molecule has 7 nitrogen and oxygen atoms in total. The van der Waals surface area contributed by atoms with Gasteiger partial charge in [0.05, 0.1) is 24.0 Å². The smallest absolute Gasteiger partial charge is 0.260 e. The van der Waals surface area contributed by atoms with Gasteiger partial charge in [0.15, 0.2) is 0 Å². The summed E-state index contributed by atoms with van der Waals surface area (Å²) in [6, 6.07) is 10.2. The number of nitrogens with zero attached hydrogens (tertiary/aromatic N) is 6. The van der Waals surface area contributed by atoms with Crippen LogP contribution in [0, 0.1) is 0 Å². The van der Waals surface area contributed by atoms with Crippen LogP contribution in [-0.2, 0) is 19.5 Å². The fraction of sp³-hybridized carbons (Fsp3) is 0.238. The number of aliphatic imine (C=N–C) groups is 1. The van der Waals surface area contributed by atoms with E-state index in [0.717, 1.165) is 23.3 Å². The van der Waals surface area contributed by atoms with Gasteiger partial charge in [-0.15, -0.1) is 0 Å². The highest BCUT2D eigenvalue weighted by Gasteiger charge is 2.25. The lowest BCUT2D eigenvalue weighted by Gasteiger charge is -2.09. The molecular weight excluding hydrogens is 352 g/mol. The van der Waals surface area contributed by atoms with E-state index in [9.17, 15) is 4.79 Å². The third kappa shape index (κ3) is 2.67. The van der Waals surface area contributed by atoms with Crippen molar-refractivity contribution in [3.8, 4) is 0 Å². The summed E-state index contributed by atoms with van der Waals surface area (Å²) in [7, 11) is 0. The summed E-state index contributed by atoms with van der Waals surface area (Å²) < 4.78 is 5.56. The fourth-order valence-corrected chi connectivity index (χ4v) is 3.73. The summed E-state index contributed by atoms with van der Waals surface area (Å²) in [5, 5.41) is 4.47. The lowest BCUT2D eigenvalue weighted by molar-refractivity contribution is 0.653. The molecule has 1 aliphatic heterocycles. The third-order valence-electron chi connectivity index (χ3n) is 5.05. The van der Waals surface area contributed by atoms with Crippen molar-refractivity contribution in [2.24, 2.45) is 4.99 Å². The summed E-state index contributed by atoms with van der Waals surface area (Å²) in [5.74, 6) is 1.34. The van der Waals surface area contributed by atoms with Gasteiger partial charge in [0.1, 0.15) is 5.82 Å². The lowest BCUT2D eigenvalue weighted by Crippen LogP contribution is -2.26. The molecule has 28 heavy (non-hydrogen) atoms. The van der Waals surface area contributed by atoms with Crippen LogP contribution in [0.5, 0.6) is 0 Å². The molecule has 1 aliphatic rings. The Morgan fingerprint density at radius 3 is 2.86 bits per heavy atom. The highest BCUT2D eigenvalue weighted by molar-refractivity contribution is 6.05. The molecule has 0 N–H and O–H groups in total. The number of imidazole rings is 1. The molecule has 1 aromatic carbocycles. The molecule has 0 aliphatic carbocycles. The summed E-state index contributed by atoms with van der Waals surface area (Å²) in [5.41, 5.74) is 3.74. The minimum Gasteiger partial charge on any atom is -0.278 e. The van der Waals surface area contributed by atoms with E-state index in [-0.39, 0.29) is 5.56 Å². The van der Waals surface area contributed by atoms with Crippen molar-refractivity contribution in [2.75, 3.05) is 0 Å². The van der Waals surface area contributed by atoms with Crippen LogP contribution < -0.4 is 5.56 Å². The number of benzene rings is 1. The van der Waals surface area contributed by atoms with E-state index in [0.29, 0.717) is 31.1 Å². The van der Waals surface area contributed by atoms with Gasteiger partial charge in [0.2, 0.25) is 5.78 Å². The lowest BCUT2D eigenvalue weighted by atomic mass is 10.1. The second-order valence-electron chi connectivity index (χ2n) is 7.00. The van der Waals surface area contributed by atoms with Gasteiger partial charge >= 0.3 is 0 Å². The van der Waals surface area contributed by atoms with Crippen LogP contribution in [0.1, 0.15) is 30.0 Å². The second kappa shape index (κ2) is 6.60. The molecule has 3 aromatic heterocycles. The van der Waals surface area contributed by atoms with E-state index < -0.39 is 0 Å². The summed E-state index contributed by atoms with van der Waals surface area (Å²) in [4.78, 5) is 22.1. The van der Waals surface area contributed by atoms with E-state index >= 15 is 0 Å². The summed E-state index contributed by atoms with van der Waals surface area (Å²) in [6.45, 7) is 3.41. The molecule has 140 valence electrons. The molecule has 7 heteroatoms. The van der Waals surface area contributed by atoms with Crippen molar-refractivity contribution < 1.29 is 0 Å². The van der Waals surface area contributed by atoms with Gasteiger partial charge < -0.3 is 0 Å². The van der Waals surface area contributed by atoms with Crippen molar-refractivity contribution in [1.82, 2.24) is 23.7 Å². The van der Waals surface area contributed by atoms with Gasteiger partial charge in [-0.1, -0.05) is 37.3 Å². The molecule has 4 aromatic rings. The molecule has 0 unspecified atom stereocenters. The van der Waals surface area contributed by atoms with Crippen molar-refractivity contribution >= 4 is 17.3 Å². The van der Waals surface area contributed by atoms with E-state index in [2.05, 4.69) is 29.1 Å². The maximum atomic E-state index is 13.0. The zero-order valence-corrected chi connectivity index (χ0v) is 15.6. The van der Waals surface area contributed by atoms with Gasteiger partial charge in [-0.2, -0.15) is 5.10 Å². The molecule has 0 atom stereocenters. The quantitative estimate of drug-likeness (QED) is 0.541. The van der Waals surface area contributed by atoms with E-state index in [1.54, 1.807) is 10.8 Å². The monoisotopic (exact) mass is 372 g/mol. The van der Waals surface area contributed by atoms with Gasteiger partial charge in [-0.05, 0) is 12.0 Å². The van der Waals surface area contributed by atoms with Crippen LogP contribution in [-0.4, -0.2) is 29.4 Å². The van der Waals surface area contributed by atoms with Gasteiger partial charge in [-0.3, -0.25) is 18.4 Å². The Bertz CT molecular complexity index is 1250. The Balaban J connectivity index is 1.51. The van der Waals surface area contributed by atoms with Crippen LogP contribution >= 0.6 is 0 Å². The predicted octanol–water partition coefficient (Wildman–Crippen LogP) is 2.83. The van der Waals surface area contributed by atoms with E-state index in [1.165, 1.54) is 5.56 Å². The van der Waals surface area contributed by atoms with Crippen LogP contribution in [0.3, 0.4) is 0 Å². The van der Waals surface area contributed by atoms with E-state index in [4.69, 9.17) is 4.99 Å². The average molecular weight is 372 g/mol. The molecular formula is C21H20N6O. The largest absolute Gasteiger partial charge is 0.278 e. The summed E-state index contributed by atoms with van der Waals surface area (Å²) in [6.07, 6.45) is 8.79. The standard InChI is InChI=1S/C21H20N6O/c1-2-9-27-20(28)17-11-18(24-19(17)26-10-8-22-21(26)27)16-12-23-25(14-16)13-15-6-4-3-5-7-15/h3-8,10,12,14H,2,9,11,13H2,1H3. The first-order valence-corrected chi connectivity index (χ1v) is 9.47. The van der Waals surface area contributed by atoms with Gasteiger partial charge in [0, 0.05) is 37.1 Å². The van der Waals surface area contributed by atoms with Crippen LogP contribution in [0.15, 0.2) is 64.9 Å². The Hall–Kier alpha value is -3.48. The van der Waals surface area contributed by atoms with Crippen molar-refractivity contribution in [3.63, 3.8) is 0 Å². The molecule has 0 amide bonds. The number of hydrogen-bond acceptors (Lipinski definition) is 4. The van der Waals surface area contributed by atoms with Crippen LogP contribution in [0.25, 0.3) is 5.78 Å². The summed E-state index contributed by atoms with van der Waals surface area (Å²) >= 11 is 0. The number of fused-ring (bicyclic) bond motifs is 3. The number of aromatic nitrogens is 5. The van der Waals surface area contributed by atoms with E-state index in [1.807, 2.05) is 45.9 Å². The van der Waals surface area contributed by atoms with Gasteiger partial charge in [-0.25, -0.2) is 9.98 Å². The Kier molecular flexibility index (Phi) is 3.93. The molecule has 0 saturated heterocycles. The average Bonchev–Trinajstić information content (AvgIpc) is 3.44. The minimum absolute atomic E-state index is 0.00553. The Morgan fingerprint density at radius 1 is 1.18 bits per heavy atom. The SMILES string of the molecule is CCCn1c(=O)c2c(n3ccnc13)N=C(c1cnn(Cc3ccccc3)c1)C2. The second-order valence-corrected chi connectivity index (χ2v) is 7.00. The van der Waals surface area contributed by atoms with Crippen LogP contribution in [0.4, 0.5) is 5.82 Å². The Labute approximate surface area is 161 Å². The molecule has 0 fully saturated rings. The molecule has 4 heterocycles. The topological polar surface area (TPSA) is 69.5 Å². The number of rotatable bonds is 5. The fourth-order valence-electron chi connectivity index (χ4n) is 3.73. The molecule has 0 spiro atoms. The van der Waals surface area contributed by atoms with Crippen LogP contribution in [0.2, 0.25) is 0 Å². The normalized spacial score (nSPS) is 13.1. The number of aryl methyl sites for hydroxylation is 1. The molecule has 0 radical (unpaired) electrons. The zero-order chi connectivity index (χ0) is 19.1. The first-order chi connectivity index (χ1) is 13.7. The Morgan fingerprint density at radius 2 is 2.04 bits per heavy atom. The third-order valence-corrected chi connectivity index (χ3v) is 5.05. The van der Waals surface area contributed by atoms with Gasteiger partial charge in [0.25, 0.3) is 5.56 Å². The molecule has 5 rings (SSSR count). The maximum absolute atomic E-state index is 13.0. The highest BCUT2D eigenvalue weighted by atomic mass is 16.1. The molecule has 0 saturated carbocycles. The van der Waals surface area contributed by atoms with Crippen molar-refractivity contribution in [2.45, 2.75) is 32.9 Å². The van der Waals surface area contributed by atoms with Crippen molar-refractivity contribution in [3.05, 3.63) is 82.2 Å². The molecule has 0 bridgehead atoms. The zero-order valence-electron chi connectivity index (χ0n) is 15.6. The number of hydrogen-bond donors (Lipinski definition) is 0.